The Labute approximate surface area is 216 Å². The first-order chi connectivity index (χ1) is 16.8. The number of halogens is 2. The summed E-state index contributed by atoms with van der Waals surface area (Å²) in [6, 6.07) is 6.63. The van der Waals surface area contributed by atoms with Crippen molar-refractivity contribution in [3.8, 4) is 16.9 Å². The number of pyridine rings is 1. The fraction of sp³-hybridized carbons (Fsp3) is 0.346. The van der Waals surface area contributed by atoms with Gasteiger partial charge in [0.15, 0.2) is 23.2 Å². The molecule has 5 rings (SSSR count). The number of hydrogen-bond donors (Lipinski definition) is 4. The molecule has 0 spiro atoms. The number of nitrogens with zero attached hydrogens (tertiary/aromatic N) is 1. The van der Waals surface area contributed by atoms with Crippen LogP contribution in [0, 0.1) is 17.6 Å². The molecule has 10 heteroatoms. The van der Waals surface area contributed by atoms with Gasteiger partial charge >= 0.3 is 6.09 Å². The number of carbonyl (C=O) groups is 2. The van der Waals surface area contributed by atoms with Crippen molar-refractivity contribution in [2.45, 2.75) is 50.6 Å². The van der Waals surface area contributed by atoms with E-state index in [1.54, 1.807) is 24.4 Å². The zero-order valence-electron chi connectivity index (χ0n) is 19.2. The number of phenolic OH excluding ortho intramolecular Hbond substituents is 1. The van der Waals surface area contributed by atoms with Crippen LogP contribution in [0.2, 0.25) is 0 Å². The van der Waals surface area contributed by atoms with Crippen molar-refractivity contribution in [1.29, 1.82) is 0 Å². The van der Waals surface area contributed by atoms with Gasteiger partial charge in [-0.1, -0.05) is 18.9 Å². The Morgan fingerprint density at radius 2 is 1.61 bits per heavy atom. The number of carboxylic acid groups (broad SMARTS) is 1. The largest absolute Gasteiger partial charge is 0.503 e. The van der Waals surface area contributed by atoms with Crippen molar-refractivity contribution in [2.24, 2.45) is 5.92 Å². The Bertz CT molecular complexity index is 1310. The average molecular weight is 537 g/mol. The number of aromatic hydroxyl groups is 1. The average Bonchev–Trinajstić information content (AvgIpc) is 3.68. The van der Waals surface area contributed by atoms with Gasteiger partial charge in [-0.25, -0.2) is 13.6 Å². The van der Waals surface area contributed by atoms with Crippen molar-refractivity contribution in [2.75, 3.05) is 5.32 Å². The zero-order valence-corrected chi connectivity index (χ0v) is 20.3. The van der Waals surface area contributed by atoms with Crippen LogP contribution in [-0.4, -0.2) is 39.2 Å². The molecule has 1 amide bonds. The molecule has 2 atom stereocenters. The molecule has 0 bridgehead atoms. The summed E-state index contributed by atoms with van der Waals surface area (Å²) in [5.41, 5.74) is 2.28. The first kappa shape index (κ1) is 25.9. The van der Waals surface area contributed by atoms with Crippen LogP contribution in [0.15, 0.2) is 36.5 Å². The number of aromatic nitrogens is 1. The van der Waals surface area contributed by atoms with Gasteiger partial charge in [0.1, 0.15) is 0 Å². The van der Waals surface area contributed by atoms with Gasteiger partial charge in [-0.2, -0.15) is 0 Å². The van der Waals surface area contributed by atoms with E-state index in [4.69, 9.17) is 0 Å². The van der Waals surface area contributed by atoms with Gasteiger partial charge in [-0.3, -0.25) is 9.78 Å². The summed E-state index contributed by atoms with van der Waals surface area (Å²) in [4.78, 5) is 28.9. The fourth-order valence-electron chi connectivity index (χ4n) is 4.83. The van der Waals surface area contributed by atoms with Crippen LogP contribution in [0.5, 0.6) is 5.75 Å². The summed E-state index contributed by atoms with van der Waals surface area (Å²) < 4.78 is 28.1. The zero-order chi connectivity index (χ0) is 24.7. The van der Waals surface area contributed by atoms with Crippen molar-refractivity contribution in [3.63, 3.8) is 0 Å². The molecule has 2 unspecified atom stereocenters. The monoisotopic (exact) mass is 537 g/mol. The summed E-state index contributed by atoms with van der Waals surface area (Å²) in [6.45, 7) is 0. The molecule has 0 radical (unpaired) electrons. The van der Waals surface area contributed by atoms with Crippen molar-refractivity contribution in [3.05, 3.63) is 53.7 Å². The van der Waals surface area contributed by atoms with Gasteiger partial charge in [0.05, 0.1) is 22.8 Å². The third-order valence-corrected chi connectivity index (χ3v) is 6.84. The number of nitrogens with one attached hydrogen (secondary N) is 2. The van der Waals surface area contributed by atoms with Crippen molar-refractivity contribution in [1.82, 2.24) is 10.3 Å². The van der Waals surface area contributed by atoms with Crippen LogP contribution in [0.1, 0.15) is 48.9 Å². The molecule has 0 saturated heterocycles. The van der Waals surface area contributed by atoms with E-state index in [1.165, 1.54) is 0 Å². The predicted octanol–water partition coefficient (Wildman–Crippen LogP) is 5.47. The number of ketones is 1. The minimum Gasteiger partial charge on any atom is -0.503 e. The van der Waals surface area contributed by atoms with Gasteiger partial charge < -0.3 is 20.8 Å². The summed E-state index contributed by atoms with van der Waals surface area (Å²) in [7, 11) is 0. The second-order valence-corrected chi connectivity index (χ2v) is 9.30. The summed E-state index contributed by atoms with van der Waals surface area (Å²) in [6.07, 6.45) is 5.29. The van der Waals surface area contributed by atoms with Crippen LogP contribution in [0.25, 0.3) is 22.0 Å². The van der Waals surface area contributed by atoms with Gasteiger partial charge in [-0.15, -0.1) is 0 Å². The molecule has 7 nitrogen and oxygen atoms in total. The normalized spacial score (nSPS) is 19.4. The first-order valence-corrected chi connectivity index (χ1v) is 11.7. The summed E-state index contributed by atoms with van der Waals surface area (Å²) in [5.74, 6) is -3.26. The molecular formula is C26H25F2FeN3O4. The van der Waals surface area contributed by atoms with E-state index >= 15 is 0 Å². The SMILES string of the molecule is O=C(O)NC1CCCCC1Nc1c(C(=O)C2CC2)cnc2ccc(-c3cc(F)c(O)c(F)c3)cc12.[Fe]. The third kappa shape index (κ3) is 5.15. The number of phenols is 1. The number of fused-ring (bicyclic) bond motifs is 1. The topological polar surface area (TPSA) is 112 Å². The number of benzene rings is 2. The van der Waals surface area contributed by atoms with E-state index in [0.29, 0.717) is 34.1 Å². The Morgan fingerprint density at radius 1 is 0.944 bits per heavy atom. The number of anilines is 1. The maximum Gasteiger partial charge on any atom is 0.404 e. The van der Waals surface area contributed by atoms with E-state index in [9.17, 15) is 28.6 Å². The van der Waals surface area contributed by atoms with Crippen molar-refractivity contribution < 1.29 is 45.7 Å². The molecule has 0 aliphatic heterocycles. The Morgan fingerprint density at radius 3 is 2.25 bits per heavy atom. The Kier molecular flexibility index (Phi) is 7.47. The molecule has 2 aliphatic rings. The molecular weight excluding hydrogens is 512 g/mol. The van der Waals surface area contributed by atoms with Crippen LogP contribution in [-0.2, 0) is 17.1 Å². The molecule has 2 aliphatic carbocycles. The Balaban J connectivity index is 0.00000304. The fourth-order valence-corrected chi connectivity index (χ4v) is 4.83. The van der Waals surface area contributed by atoms with Gasteiger partial charge in [0.25, 0.3) is 0 Å². The second kappa shape index (κ2) is 10.4. The molecule has 4 N–H and O–H groups in total. The molecule has 2 saturated carbocycles. The van der Waals surface area contributed by atoms with Gasteiger partial charge in [-0.05, 0) is 61.1 Å². The molecule has 2 aromatic carbocycles. The Hall–Kier alpha value is -3.23. The van der Waals surface area contributed by atoms with Crippen LogP contribution in [0.3, 0.4) is 0 Å². The van der Waals surface area contributed by atoms with E-state index in [-0.39, 0.29) is 46.4 Å². The molecule has 3 aromatic rings. The van der Waals surface area contributed by atoms with Crippen LogP contribution < -0.4 is 10.6 Å². The van der Waals surface area contributed by atoms with E-state index in [0.717, 1.165) is 44.2 Å². The number of carbonyl (C=O) groups excluding carboxylic acids is 1. The molecule has 36 heavy (non-hydrogen) atoms. The maximum atomic E-state index is 14.0. The molecule has 2 fully saturated rings. The van der Waals surface area contributed by atoms with Crippen molar-refractivity contribution >= 4 is 28.5 Å². The van der Waals surface area contributed by atoms with Gasteiger partial charge in [0.2, 0.25) is 0 Å². The van der Waals surface area contributed by atoms with Crippen LogP contribution >= 0.6 is 0 Å². The number of Topliss-reactive ketones (excluding diaryl/α,β-unsaturated/α-hetero) is 1. The third-order valence-electron chi connectivity index (χ3n) is 6.84. The number of rotatable bonds is 6. The summed E-state index contributed by atoms with van der Waals surface area (Å²) >= 11 is 0. The number of hydrogen-bond acceptors (Lipinski definition) is 5. The van der Waals surface area contributed by atoms with Gasteiger partial charge in [0, 0.05) is 40.6 Å². The maximum absolute atomic E-state index is 14.0. The first-order valence-electron chi connectivity index (χ1n) is 11.7. The summed E-state index contributed by atoms with van der Waals surface area (Å²) in [5, 5.41) is 25.4. The second-order valence-electron chi connectivity index (χ2n) is 9.30. The quantitative estimate of drug-likeness (QED) is 0.245. The minimum absolute atomic E-state index is 0. The van der Waals surface area contributed by atoms with E-state index in [2.05, 4.69) is 15.6 Å². The van der Waals surface area contributed by atoms with E-state index in [1.807, 2.05) is 0 Å². The predicted molar refractivity (Wildman–Crippen MR) is 127 cm³/mol. The standard InChI is InChI=1S/C26H25F2N3O4.Fe/c27-18-10-15(11-19(28)25(18)33)14-7-8-20-16(9-14)23(17(12-29-20)24(32)13-5-6-13)30-21-3-1-2-4-22(21)31-26(34)35;/h7-13,21-22,31,33H,1-6H2,(H,29,30)(H,34,35);. The van der Waals surface area contributed by atoms with E-state index < -0.39 is 23.5 Å². The molecule has 1 aromatic heterocycles. The smallest absolute Gasteiger partial charge is 0.404 e. The molecule has 190 valence electrons. The minimum atomic E-state index is -1.10. The number of amides is 1. The van der Waals surface area contributed by atoms with Crippen LogP contribution in [0.4, 0.5) is 19.3 Å². The molecule has 1 heterocycles.